The molecule has 3 aromatic rings. The third-order valence-electron chi connectivity index (χ3n) is 4.55. The largest absolute Gasteiger partial charge is 0.497 e. The molecule has 0 radical (unpaired) electrons. The van der Waals surface area contributed by atoms with Crippen LogP contribution in [0.4, 0.5) is 11.4 Å². The van der Waals surface area contributed by atoms with E-state index in [1.807, 2.05) is 30.3 Å². The lowest BCUT2D eigenvalue weighted by Crippen LogP contribution is -2.33. The van der Waals surface area contributed by atoms with Crippen molar-refractivity contribution in [3.63, 3.8) is 0 Å². The van der Waals surface area contributed by atoms with E-state index in [0.29, 0.717) is 11.4 Å². The molecule has 150 valence electrons. The quantitative estimate of drug-likeness (QED) is 0.419. The van der Waals surface area contributed by atoms with Crippen LogP contribution in [-0.2, 0) is 10.0 Å². The van der Waals surface area contributed by atoms with Crippen molar-refractivity contribution in [1.82, 2.24) is 0 Å². The van der Waals surface area contributed by atoms with E-state index in [0.717, 1.165) is 11.6 Å². The number of nitrogens with zero attached hydrogens (tertiary/aromatic N) is 2. The summed E-state index contributed by atoms with van der Waals surface area (Å²) in [5.41, 5.74) is 0.930. The van der Waals surface area contributed by atoms with Gasteiger partial charge in [-0.3, -0.25) is 14.4 Å². The summed E-state index contributed by atoms with van der Waals surface area (Å²) in [6.45, 7) is 1.77. The predicted octanol–water partition coefficient (Wildman–Crippen LogP) is 4.56. The molecule has 0 N–H and O–H groups in total. The first-order chi connectivity index (χ1) is 13.8. The average Bonchev–Trinajstić information content (AvgIpc) is 2.75. The minimum atomic E-state index is -4.09. The molecule has 3 rings (SSSR count). The highest BCUT2D eigenvalue weighted by Crippen LogP contribution is 2.34. The number of non-ortho nitro benzene ring substituents is 1. The van der Waals surface area contributed by atoms with Crippen LogP contribution in [0.15, 0.2) is 83.8 Å². The molecule has 0 saturated carbocycles. The van der Waals surface area contributed by atoms with Crippen molar-refractivity contribution in [3.8, 4) is 5.75 Å². The van der Waals surface area contributed by atoms with Crippen LogP contribution >= 0.6 is 0 Å². The van der Waals surface area contributed by atoms with E-state index in [9.17, 15) is 18.5 Å². The van der Waals surface area contributed by atoms with Crippen LogP contribution in [0, 0.1) is 10.1 Å². The molecule has 7 nitrogen and oxygen atoms in total. The molecular weight excluding hydrogens is 392 g/mol. The number of hydrogen-bond donors (Lipinski definition) is 0. The van der Waals surface area contributed by atoms with Crippen LogP contribution in [-0.4, -0.2) is 20.5 Å². The highest BCUT2D eigenvalue weighted by Gasteiger charge is 2.31. The van der Waals surface area contributed by atoms with Crippen molar-refractivity contribution in [1.29, 1.82) is 0 Å². The molecular formula is C21H20N2O5S. The second kappa shape index (κ2) is 8.32. The lowest BCUT2D eigenvalue weighted by molar-refractivity contribution is -0.385. The number of ether oxygens (including phenoxy) is 1. The van der Waals surface area contributed by atoms with Crippen LogP contribution in [0.5, 0.6) is 5.75 Å². The van der Waals surface area contributed by atoms with E-state index in [1.165, 1.54) is 29.6 Å². The smallest absolute Gasteiger partial charge is 0.270 e. The molecule has 0 aromatic heterocycles. The van der Waals surface area contributed by atoms with Gasteiger partial charge in [0, 0.05) is 12.1 Å². The molecule has 3 aromatic carbocycles. The molecule has 0 bridgehead atoms. The van der Waals surface area contributed by atoms with Gasteiger partial charge in [0.2, 0.25) is 0 Å². The van der Waals surface area contributed by atoms with E-state index < -0.39 is 21.0 Å². The van der Waals surface area contributed by atoms with Gasteiger partial charge in [0.25, 0.3) is 15.7 Å². The number of nitro benzene ring substituents is 1. The zero-order chi connectivity index (χ0) is 21.0. The summed E-state index contributed by atoms with van der Waals surface area (Å²) in [4.78, 5) is 10.4. The fraction of sp³-hybridized carbons (Fsp3) is 0.143. The molecule has 29 heavy (non-hydrogen) atoms. The van der Waals surface area contributed by atoms with Crippen LogP contribution in [0.25, 0.3) is 0 Å². The van der Waals surface area contributed by atoms with E-state index in [4.69, 9.17) is 4.74 Å². The molecule has 0 saturated heterocycles. The van der Waals surface area contributed by atoms with Gasteiger partial charge in [-0.1, -0.05) is 36.4 Å². The predicted molar refractivity (Wildman–Crippen MR) is 111 cm³/mol. The number of methoxy groups -OCH3 is 1. The molecule has 0 aliphatic heterocycles. The summed E-state index contributed by atoms with van der Waals surface area (Å²) in [6, 6.07) is 20.3. The van der Waals surface area contributed by atoms with Gasteiger partial charge < -0.3 is 4.74 Å². The van der Waals surface area contributed by atoms with Crippen molar-refractivity contribution in [2.45, 2.75) is 17.9 Å². The Kier molecular flexibility index (Phi) is 5.84. The second-order valence-corrected chi connectivity index (χ2v) is 8.15. The van der Waals surface area contributed by atoms with Crippen molar-refractivity contribution in [2.24, 2.45) is 0 Å². The van der Waals surface area contributed by atoms with Crippen molar-refractivity contribution in [2.75, 3.05) is 11.4 Å². The number of benzene rings is 3. The maximum Gasteiger partial charge on any atom is 0.270 e. The van der Waals surface area contributed by atoms with Crippen LogP contribution in [0.3, 0.4) is 0 Å². The molecule has 0 heterocycles. The molecule has 8 heteroatoms. The van der Waals surface area contributed by atoms with E-state index >= 15 is 0 Å². The molecule has 1 atom stereocenters. The number of sulfonamides is 1. The van der Waals surface area contributed by atoms with Gasteiger partial charge in [-0.05, 0) is 42.8 Å². The molecule has 0 amide bonds. The SMILES string of the molecule is COc1ccc(N(C(C)c2ccccc2)S(=O)(=O)c2cccc([N+](=O)[O-])c2)cc1. The topological polar surface area (TPSA) is 89.8 Å². The van der Waals surface area contributed by atoms with Crippen molar-refractivity contribution >= 4 is 21.4 Å². The fourth-order valence-corrected chi connectivity index (χ4v) is 4.72. The number of rotatable bonds is 7. The lowest BCUT2D eigenvalue weighted by atomic mass is 10.1. The Labute approximate surface area is 169 Å². The van der Waals surface area contributed by atoms with Gasteiger partial charge in [-0.25, -0.2) is 8.42 Å². The standard InChI is InChI=1S/C21H20N2O5S/c1-16(17-7-4-3-5-8-17)22(18-11-13-20(28-2)14-12-18)29(26,27)21-10-6-9-19(15-21)23(24)25/h3-16H,1-2H3. The van der Waals surface area contributed by atoms with Gasteiger partial charge in [0.1, 0.15) is 5.75 Å². The number of anilines is 1. The highest BCUT2D eigenvalue weighted by molar-refractivity contribution is 7.92. The maximum atomic E-state index is 13.5. The zero-order valence-electron chi connectivity index (χ0n) is 15.9. The van der Waals surface area contributed by atoms with Crippen molar-refractivity contribution < 1.29 is 18.1 Å². The molecule has 0 aliphatic carbocycles. The van der Waals surface area contributed by atoms with E-state index in [2.05, 4.69) is 0 Å². The summed E-state index contributed by atoms with van der Waals surface area (Å²) < 4.78 is 33.5. The first kappa shape index (κ1) is 20.3. The zero-order valence-corrected chi connectivity index (χ0v) is 16.7. The van der Waals surface area contributed by atoms with Crippen LogP contribution in [0.2, 0.25) is 0 Å². The first-order valence-electron chi connectivity index (χ1n) is 8.82. The Hall–Kier alpha value is -3.39. The molecule has 1 unspecified atom stereocenters. The van der Waals surface area contributed by atoms with Gasteiger partial charge >= 0.3 is 0 Å². The number of hydrogen-bond acceptors (Lipinski definition) is 5. The Balaban J connectivity index is 2.15. The second-order valence-electron chi connectivity index (χ2n) is 6.34. The van der Waals surface area contributed by atoms with Gasteiger partial charge in [-0.2, -0.15) is 0 Å². The van der Waals surface area contributed by atoms with Gasteiger partial charge in [-0.15, -0.1) is 0 Å². The van der Waals surface area contributed by atoms with Crippen LogP contribution < -0.4 is 9.04 Å². The third-order valence-corrected chi connectivity index (χ3v) is 6.44. The summed E-state index contributed by atoms with van der Waals surface area (Å²) in [6.07, 6.45) is 0. The minimum Gasteiger partial charge on any atom is -0.497 e. The van der Waals surface area contributed by atoms with Crippen molar-refractivity contribution in [3.05, 3.63) is 94.5 Å². The van der Waals surface area contributed by atoms with Gasteiger partial charge in [0.05, 0.1) is 28.7 Å². The third kappa shape index (κ3) is 4.22. The van der Waals surface area contributed by atoms with Crippen LogP contribution in [0.1, 0.15) is 18.5 Å². The number of nitro groups is 1. The van der Waals surface area contributed by atoms with E-state index in [-0.39, 0.29) is 10.6 Å². The molecule has 0 fully saturated rings. The maximum absolute atomic E-state index is 13.5. The Morgan fingerprint density at radius 2 is 1.62 bits per heavy atom. The first-order valence-corrected chi connectivity index (χ1v) is 10.3. The Bertz CT molecular complexity index is 1100. The summed E-state index contributed by atoms with van der Waals surface area (Å²) in [7, 11) is -2.56. The Morgan fingerprint density at radius 1 is 0.966 bits per heavy atom. The Morgan fingerprint density at radius 3 is 2.21 bits per heavy atom. The monoisotopic (exact) mass is 412 g/mol. The summed E-state index contributed by atoms with van der Waals surface area (Å²) in [5.74, 6) is 0.591. The normalized spacial score (nSPS) is 12.2. The molecule has 0 aliphatic rings. The molecule has 0 spiro atoms. The highest BCUT2D eigenvalue weighted by atomic mass is 32.2. The summed E-state index contributed by atoms with van der Waals surface area (Å²) >= 11 is 0. The van der Waals surface area contributed by atoms with Gasteiger partial charge in [0.15, 0.2) is 0 Å². The lowest BCUT2D eigenvalue weighted by Gasteiger charge is -2.31. The van der Waals surface area contributed by atoms with E-state index in [1.54, 1.807) is 31.2 Å². The average molecular weight is 412 g/mol. The fourth-order valence-electron chi connectivity index (χ4n) is 3.04. The minimum absolute atomic E-state index is 0.148. The summed E-state index contributed by atoms with van der Waals surface area (Å²) in [5, 5.41) is 11.1.